The third-order valence-corrected chi connectivity index (χ3v) is 2.65. The topological polar surface area (TPSA) is 27.1 Å². The van der Waals surface area contributed by atoms with Gasteiger partial charge in [-0.15, -0.1) is 0 Å². The Labute approximate surface area is 91.6 Å². The minimum absolute atomic E-state index is 0.378. The Kier molecular flexibility index (Phi) is 2.97. The van der Waals surface area contributed by atoms with Crippen molar-refractivity contribution < 1.29 is 17.7 Å². The molecule has 0 radical (unpaired) electrons. The highest BCUT2D eigenvalue weighted by Crippen LogP contribution is 2.23. The van der Waals surface area contributed by atoms with Gasteiger partial charge in [0.1, 0.15) is 6.23 Å². The van der Waals surface area contributed by atoms with Crippen molar-refractivity contribution in [2.75, 3.05) is 6.61 Å². The molecule has 1 aliphatic heterocycles. The van der Waals surface area contributed by atoms with E-state index in [-0.39, 0.29) is 0 Å². The van der Waals surface area contributed by atoms with Crippen molar-refractivity contribution in [3.63, 3.8) is 0 Å². The van der Waals surface area contributed by atoms with E-state index in [1.807, 2.05) is 0 Å². The summed E-state index contributed by atoms with van der Waals surface area (Å²) in [6.07, 6.45) is 1.83. The molecule has 0 saturated carbocycles. The van der Waals surface area contributed by atoms with E-state index < -0.39 is 18.8 Å². The summed E-state index contributed by atoms with van der Waals surface area (Å²) in [4.78, 5) is 0. The molecule has 7 heteroatoms. The SMILES string of the molecule is Cc1cc([B-](F)(F)F)n(C2CCCCO2)n1. The maximum Gasteiger partial charge on any atom is 0.527 e. The third-order valence-electron chi connectivity index (χ3n) is 2.65. The molecule has 2 heterocycles. The number of halogens is 3. The summed E-state index contributed by atoms with van der Waals surface area (Å²) in [5.41, 5.74) is -0.284. The van der Waals surface area contributed by atoms with Crippen LogP contribution >= 0.6 is 0 Å². The highest BCUT2D eigenvalue weighted by atomic mass is 19.4. The van der Waals surface area contributed by atoms with E-state index >= 15 is 0 Å². The van der Waals surface area contributed by atoms with Crippen LogP contribution in [0.1, 0.15) is 31.2 Å². The Bertz CT molecular complexity index is 371. The second kappa shape index (κ2) is 4.12. The van der Waals surface area contributed by atoms with Crippen LogP contribution in [0.4, 0.5) is 12.9 Å². The molecular formula is C9H13BF3N2O-. The lowest BCUT2D eigenvalue weighted by Crippen LogP contribution is -2.42. The molecule has 16 heavy (non-hydrogen) atoms. The highest BCUT2D eigenvalue weighted by Gasteiger charge is 2.33. The van der Waals surface area contributed by atoms with Gasteiger partial charge in [0, 0.05) is 6.61 Å². The lowest BCUT2D eigenvalue weighted by atomic mass is 9.85. The van der Waals surface area contributed by atoms with E-state index in [9.17, 15) is 12.9 Å². The van der Waals surface area contributed by atoms with Crippen LogP contribution in [0.3, 0.4) is 0 Å². The first-order valence-corrected chi connectivity index (χ1v) is 5.36. The van der Waals surface area contributed by atoms with Crippen LogP contribution in [-0.2, 0) is 4.74 Å². The maximum absolute atomic E-state index is 12.8. The molecule has 0 N–H and O–H groups in total. The van der Waals surface area contributed by atoms with Gasteiger partial charge in [0.25, 0.3) is 0 Å². The summed E-state index contributed by atoms with van der Waals surface area (Å²) in [5.74, 6) is 0. The Morgan fingerprint density at radius 1 is 1.44 bits per heavy atom. The fraction of sp³-hybridized carbons (Fsp3) is 0.667. The average Bonchev–Trinajstić information content (AvgIpc) is 2.61. The van der Waals surface area contributed by atoms with Crippen LogP contribution in [0.5, 0.6) is 0 Å². The summed E-state index contributed by atoms with van der Waals surface area (Å²) in [6, 6.07) is 1.08. The number of rotatable bonds is 2. The third kappa shape index (κ3) is 2.24. The average molecular weight is 233 g/mol. The predicted molar refractivity (Wildman–Crippen MR) is 54.5 cm³/mol. The Balaban J connectivity index is 2.31. The van der Waals surface area contributed by atoms with Gasteiger partial charge in [-0.2, -0.15) is 5.10 Å². The van der Waals surface area contributed by atoms with Gasteiger partial charge in [0.15, 0.2) is 0 Å². The molecule has 1 aromatic rings. The van der Waals surface area contributed by atoms with E-state index in [1.54, 1.807) is 6.92 Å². The van der Waals surface area contributed by atoms with Crippen molar-refractivity contribution in [1.29, 1.82) is 0 Å². The summed E-state index contributed by atoms with van der Waals surface area (Å²) in [6.45, 7) is -2.96. The molecule has 0 aromatic carbocycles. The zero-order valence-corrected chi connectivity index (χ0v) is 9.00. The lowest BCUT2D eigenvalue weighted by molar-refractivity contribution is -0.0381. The molecule has 0 spiro atoms. The molecule has 0 amide bonds. The Morgan fingerprint density at radius 2 is 2.19 bits per heavy atom. The van der Waals surface area contributed by atoms with E-state index in [4.69, 9.17) is 4.74 Å². The van der Waals surface area contributed by atoms with E-state index in [0.29, 0.717) is 18.7 Å². The number of nitrogens with zero attached hydrogens (tertiary/aromatic N) is 2. The van der Waals surface area contributed by atoms with Crippen molar-refractivity contribution in [2.45, 2.75) is 32.4 Å². The van der Waals surface area contributed by atoms with Crippen LogP contribution in [0.2, 0.25) is 0 Å². The Hall–Kier alpha value is -0.975. The van der Waals surface area contributed by atoms with Crippen molar-refractivity contribution in [3.05, 3.63) is 11.8 Å². The van der Waals surface area contributed by atoms with Crippen LogP contribution in [-0.4, -0.2) is 23.4 Å². The van der Waals surface area contributed by atoms with Gasteiger partial charge in [-0.25, -0.2) is 0 Å². The zero-order valence-electron chi connectivity index (χ0n) is 9.00. The molecule has 1 aliphatic rings. The monoisotopic (exact) mass is 233 g/mol. The minimum atomic E-state index is -5.02. The first-order chi connectivity index (χ1) is 7.48. The highest BCUT2D eigenvalue weighted by molar-refractivity contribution is 6.72. The summed E-state index contributed by atoms with van der Waals surface area (Å²) >= 11 is 0. The second-order valence-corrected chi connectivity index (χ2v) is 4.05. The zero-order chi connectivity index (χ0) is 11.8. The second-order valence-electron chi connectivity index (χ2n) is 4.05. The molecule has 0 bridgehead atoms. The smallest absolute Gasteiger partial charge is 0.444 e. The number of aromatic nitrogens is 2. The van der Waals surface area contributed by atoms with Gasteiger partial charge in [-0.1, -0.05) is 0 Å². The quantitative estimate of drug-likeness (QED) is 0.730. The van der Waals surface area contributed by atoms with Crippen LogP contribution < -0.4 is 5.59 Å². The van der Waals surface area contributed by atoms with E-state index in [1.165, 1.54) is 0 Å². The van der Waals surface area contributed by atoms with E-state index in [0.717, 1.165) is 23.6 Å². The van der Waals surface area contributed by atoms with Crippen LogP contribution in [0.25, 0.3) is 0 Å². The first kappa shape index (κ1) is 11.5. The van der Waals surface area contributed by atoms with Gasteiger partial charge < -0.3 is 17.7 Å². The van der Waals surface area contributed by atoms with Gasteiger partial charge in [0.2, 0.25) is 0 Å². The first-order valence-electron chi connectivity index (χ1n) is 5.36. The van der Waals surface area contributed by atoms with Gasteiger partial charge in [-0.05, 0) is 37.8 Å². The summed E-state index contributed by atoms with van der Waals surface area (Å²) < 4.78 is 44.6. The maximum atomic E-state index is 12.8. The molecule has 1 fully saturated rings. The molecular weight excluding hydrogens is 220 g/mol. The number of ether oxygens (including phenoxy) is 1. The molecule has 1 unspecified atom stereocenters. The number of hydrogen-bond acceptors (Lipinski definition) is 2. The predicted octanol–water partition coefficient (Wildman–Crippen LogP) is 1.95. The van der Waals surface area contributed by atoms with Gasteiger partial charge >= 0.3 is 6.98 Å². The number of aryl methyl sites for hydroxylation is 1. The summed E-state index contributed by atoms with van der Waals surface area (Å²) in [5, 5.41) is 3.89. The normalized spacial score (nSPS) is 22.4. The molecule has 2 rings (SSSR count). The standard InChI is InChI=1S/C9H13BF3N2O/c1-7-6-8(10(11,12)13)15(14-7)9-4-2-3-5-16-9/h6,9H,2-5H2,1H3/q-1. The molecule has 3 nitrogen and oxygen atoms in total. The molecule has 1 aromatic heterocycles. The van der Waals surface area contributed by atoms with Crippen molar-refractivity contribution in [3.8, 4) is 0 Å². The number of hydrogen-bond donors (Lipinski definition) is 0. The van der Waals surface area contributed by atoms with Crippen molar-refractivity contribution in [2.24, 2.45) is 0 Å². The fourth-order valence-electron chi connectivity index (χ4n) is 1.93. The minimum Gasteiger partial charge on any atom is -0.444 e. The van der Waals surface area contributed by atoms with Crippen molar-refractivity contribution in [1.82, 2.24) is 9.78 Å². The Morgan fingerprint density at radius 3 is 2.75 bits per heavy atom. The van der Waals surface area contributed by atoms with Gasteiger partial charge in [-0.3, -0.25) is 4.68 Å². The summed E-state index contributed by atoms with van der Waals surface area (Å²) in [7, 11) is 0. The van der Waals surface area contributed by atoms with Crippen LogP contribution in [0, 0.1) is 6.92 Å². The lowest BCUT2D eigenvalue weighted by Gasteiger charge is -2.27. The van der Waals surface area contributed by atoms with Gasteiger partial charge in [0.05, 0.1) is 5.69 Å². The molecule has 1 saturated heterocycles. The van der Waals surface area contributed by atoms with Crippen LogP contribution in [0.15, 0.2) is 6.07 Å². The van der Waals surface area contributed by atoms with Crippen molar-refractivity contribution >= 4 is 12.6 Å². The molecule has 90 valence electrons. The molecule has 0 aliphatic carbocycles. The molecule has 1 atom stereocenters. The van der Waals surface area contributed by atoms with E-state index in [2.05, 4.69) is 5.10 Å². The largest absolute Gasteiger partial charge is 0.527 e. The fourth-order valence-corrected chi connectivity index (χ4v) is 1.93.